The zero-order valence-electron chi connectivity index (χ0n) is 10.1. The van der Waals surface area contributed by atoms with E-state index in [1.54, 1.807) is 0 Å². The van der Waals surface area contributed by atoms with Crippen LogP contribution in [0.2, 0.25) is 0 Å². The Morgan fingerprint density at radius 2 is 1.93 bits per heavy atom. The molecule has 2 atom stereocenters. The van der Waals surface area contributed by atoms with Crippen LogP contribution in [0, 0.1) is 5.92 Å². The molecule has 0 N–H and O–H groups in total. The molecule has 88 valence electrons. The van der Waals surface area contributed by atoms with Crippen molar-refractivity contribution < 1.29 is 9.53 Å². The van der Waals surface area contributed by atoms with E-state index in [0.29, 0.717) is 12.3 Å². The minimum absolute atomic E-state index is 0.00510. The van der Waals surface area contributed by atoms with Crippen molar-refractivity contribution in [2.45, 2.75) is 71.3 Å². The van der Waals surface area contributed by atoms with Gasteiger partial charge in [-0.2, -0.15) is 0 Å². The van der Waals surface area contributed by atoms with Crippen molar-refractivity contribution >= 4 is 5.97 Å². The zero-order valence-corrected chi connectivity index (χ0v) is 10.1. The second-order valence-electron chi connectivity index (χ2n) is 4.61. The van der Waals surface area contributed by atoms with Gasteiger partial charge in [-0.05, 0) is 38.0 Å². The Morgan fingerprint density at radius 1 is 1.20 bits per heavy atom. The lowest BCUT2D eigenvalue weighted by molar-refractivity contribution is -0.153. The van der Waals surface area contributed by atoms with Crippen LogP contribution in [0.1, 0.15) is 65.2 Å². The van der Waals surface area contributed by atoms with E-state index < -0.39 is 0 Å². The monoisotopic (exact) mass is 212 g/mol. The van der Waals surface area contributed by atoms with E-state index >= 15 is 0 Å². The summed E-state index contributed by atoms with van der Waals surface area (Å²) < 4.78 is 5.56. The Labute approximate surface area is 93.4 Å². The Hall–Kier alpha value is -0.530. The maximum atomic E-state index is 11.4. The molecule has 2 heteroatoms. The average Bonchev–Trinajstić information content (AvgIpc) is 2.21. The van der Waals surface area contributed by atoms with Gasteiger partial charge in [0.2, 0.25) is 0 Å². The van der Waals surface area contributed by atoms with Crippen LogP contribution in [0.5, 0.6) is 0 Å². The van der Waals surface area contributed by atoms with E-state index in [1.807, 2.05) is 6.92 Å². The SMILES string of the molecule is CCCC(=O)OC1CCCCC1CCC. The van der Waals surface area contributed by atoms with Gasteiger partial charge < -0.3 is 4.74 Å². The fraction of sp³-hybridized carbons (Fsp3) is 0.923. The maximum absolute atomic E-state index is 11.4. The average molecular weight is 212 g/mol. The van der Waals surface area contributed by atoms with Gasteiger partial charge in [0, 0.05) is 6.42 Å². The van der Waals surface area contributed by atoms with Gasteiger partial charge in [0.25, 0.3) is 0 Å². The van der Waals surface area contributed by atoms with Gasteiger partial charge in [-0.3, -0.25) is 4.79 Å². The second-order valence-corrected chi connectivity index (χ2v) is 4.61. The third kappa shape index (κ3) is 4.23. The van der Waals surface area contributed by atoms with Crippen molar-refractivity contribution in [3.8, 4) is 0 Å². The predicted octanol–water partition coefficient (Wildman–Crippen LogP) is 3.69. The lowest BCUT2D eigenvalue weighted by atomic mass is 9.83. The van der Waals surface area contributed by atoms with Crippen molar-refractivity contribution in [1.29, 1.82) is 0 Å². The standard InChI is InChI=1S/C13H24O2/c1-3-7-11-9-5-6-10-12(11)15-13(14)8-4-2/h11-12H,3-10H2,1-2H3. The summed E-state index contributed by atoms with van der Waals surface area (Å²) in [7, 11) is 0. The first kappa shape index (κ1) is 12.5. The number of hydrogen-bond acceptors (Lipinski definition) is 2. The number of hydrogen-bond donors (Lipinski definition) is 0. The fourth-order valence-corrected chi connectivity index (χ4v) is 2.46. The molecule has 1 saturated carbocycles. The highest BCUT2D eigenvalue weighted by molar-refractivity contribution is 5.69. The smallest absolute Gasteiger partial charge is 0.306 e. The first-order valence-corrected chi connectivity index (χ1v) is 6.47. The number of ether oxygens (including phenoxy) is 1. The molecule has 2 nitrogen and oxygen atoms in total. The van der Waals surface area contributed by atoms with E-state index in [1.165, 1.54) is 32.1 Å². The summed E-state index contributed by atoms with van der Waals surface area (Å²) in [5.41, 5.74) is 0. The number of rotatable bonds is 5. The van der Waals surface area contributed by atoms with E-state index in [-0.39, 0.29) is 12.1 Å². The van der Waals surface area contributed by atoms with Crippen molar-refractivity contribution in [3.63, 3.8) is 0 Å². The molecule has 0 heterocycles. The third-order valence-corrected chi connectivity index (χ3v) is 3.24. The van der Waals surface area contributed by atoms with Crippen LogP contribution >= 0.6 is 0 Å². The molecule has 1 rings (SSSR count). The van der Waals surface area contributed by atoms with Crippen molar-refractivity contribution in [2.75, 3.05) is 0 Å². The van der Waals surface area contributed by atoms with E-state index in [4.69, 9.17) is 4.74 Å². The summed E-state index contributed by atoms with van der Waals surface area (Å²) in [4.78, 5) is 11.4. The summed E-state index contributed by atoms with van der Waals surface area (Å²) in [6.07, 6.45) is 8.97. The van der Waals surface area contributed by atoms with Gasteiger partial charge in [0.15, 0.2) is 0 Å². The molecule has 0 aromatic carbocycles. The molecule has 1 fully saturated rings. The van der Waals surface area contributed by atoms with E-state index in [2.05, 4.69) is 6.92 Å². The van der Waals surface area contributed by atoms with Gasteiger partial charge in [0.05, 0.1) is 0 Å². The van der Waals surface area contributed by atoms with Gasteiger partial charge in [-0.25, -0.2) is 0 Å². The molecular formula is C13H24O2. The summed E-state index contributed by atoms with van der Waals surface area (Å²) in [6.45, 7) is 4.23. The number of carbonyl (C=O) groups excluding carboxylic acids is 1. The lowest BCUT2D eigenvalue weighted by Crippen LogP contribution is -2.30. The molecule has 0 saturated heterocycles. The van der Waals surface area contributed by atoms with Crippen LogP contribution in [-0.4, -0.2) is 12.1 Å². The molecule has 1 aliphatic carbocycles. The quantitative estimate of drug-likeness (QED) is 0.650. The second kappa shape index (κ2) is 6.86. The molecule has 0 radical (unpaired) electrons. The van der Waals surface area contributed by atoms with Gasteiger partial charge in [-0.15, -0.1) is 0 Å². The highest BCUT2D eigenvalue weighted by atomic mass is 16.5. The summed E-state index contributed by atoms with van der Waals surface area (Å²) >= 11 is 0. The minimum Gasteiger partial charge on any atom is -0.462 e. The van der Waals surface area contributed by atoms with Crippen LogP contribution in [0.15, 0.2) is 0 Å². The molecule has 0 bridgehead atoms. The molecule has 15 heavy (non-hydrogen) atoms. The molecule has 2 unspecified atom stereocenters. The fourth-order valence-electron chi connectivity index (χ4n) is 2.46. The van der Waals surface area contributed by atoms with Crippen molar-refractivity contribution in [1.82, 2.24) is 0 Å². The third-order valence-electron chi connectivity index (χ3n) is 3.24. The van der Waals surface area contributed by atoms with Crippen molar-refractivity contribution in [3.05, 3.63) is 0 Å². The molecule has 0 aliphatic heterocycles. The van der Waals surface area contributed by atoms with Gasteiger partial charge >= 0.3 is 5.97 Å². The topological polar surface area (TPSA) is 26.3 Å². The minimum atomic E-state index is 0.00510. The first-order valence-electron chi connectivity index (χ1n) is 6.47. The summed E-state index contributed by atoms with van der Waals surface area (Å²) in [5, 5.41) is 0. The van der Waals surface area contributed by atoms with Gasteiger partial charge in [-0.1, -0.05) is 26.7 Å². The normalized spacial score (nSPS) is 26.3. The van der Waals surface area contributed by atoms with Crippen LogP contribution in [0.25, 0.3) is 0 Å². The lowest BCUT2D eigenvalue weighted by Gasteiger charge is -2.31. The van der Waals surface area contributed by atoms with Gasteiger partial charge in [0.1, 0.15) is 6.10 Å². The highest BCUT2D eigenvalue weighted by Crippen LogP contribution is 2.30. The molecule has 0 aromatic heterocycles. The number of carbonyl (C=O) groups is 1. The maximum Gasteiger partial charge on any atom is 0.306 e. The Bertz CT molecular complexity index is 187. The molecule has 0 aromatic rings. The largest absolute Gasteiger partial charge is 0.462 e. The highest BCUT2D eigenvalue weighted by Gasteiger charge is 2.27. The van der Waals surface area contributed by atoms with Crippen molar-refractivity contribution in [2.24, 2.45) is 5.92 Å². The first-order chi connectivity index (χ1) is 7.27. The number of esters is 1. The van der Waals surface area contributed by atoms with Crippen LogP contribution in [0.4, 0.5) is 0 Å². The summed E-state index contributed by atoms with van der Waals surface area (Å²) in [6, 6.07) is 0. The Morgan fingerprint density at radius 3 is 2.60 bits per heavy atom. The predicted molar refractivity (Wildman–Crippen MR) is 61.7 cm³/mol. The van der Waals surface area contributed by atoms with Crippen LogP contribution in [0.3, 0.4) is 0 Å². The zero-order chi connectivity index (χ0) is 11.1. The Balaban J connectivity index is 2.38. The molecule has 0 spiro atoms. The summed E-state index contributed by atoms with van der Waals surface area (Å²) in [5.74, 6) is 0.634. The Kier molecular flexibility index (Phi) is 5.74. The van der Waals surface area contributed by atoms with Crippen LogP contribution < -0.4 is 0 Å². The van der Waals surface area contributed by atoms with E-state index in [0.717, 1.165) is 12.8 Å². The van der Waals surface area contributed by atoms with Crippen LogP contribution in [-0.2, 0) is 9.53 Å². The molecule has 0 amide bonds. The molecule has 1 aliphatic rings. The van der Waals surface area contributed by atoms with E-state index in [9.17, 15) is 4.79 Å². The molecular weight excluding hydrogens is 188 g/mol.